The number of benzene rings is 3. The Labute approximate surface area is 212 Å². The van der Waals surface area contributed by atoms with Crippen molar-refractivity contribution in [1.82, 2.24) is 15.1 Å². The highest BCUT2D eigenvalue weighted by molar-refractivity contribution is 5.96. The van der Waals surface area contributed by atoms with Crippen LogP contribution in [0.1, 0.15) is 34.7 Å². The molecule has 0 aromatic heterocycles. The second-order valence-electron chi connectivity index (χ2n) is 9.25. The Morgan fingerprint density at radius 1 is 0.973 bits per heavy atom. The number of nitrogens with two attached hydrogens (primary N) is 1. The van der Waals surface area contributed by atoms with Crippen LogP contribution in [0.4, 0.5) is 17.6 Å². The second-order valence-corrected chi connectivity index (χ2v) is 9.25. The van der Waals surface area contributed by atoms with Crippen molar-refractivity contribution in [2.45, 2.75) is 31.5 Å². The van der Waals surface area contributed by atoms with Gasteiger partial charge >= 0.3 is 6.18 Å². The molecule has 0 fully saturated rings. The third-order valence-corrected chi connectivity index (χ3v) is 6.82. The number of alkyl halides is 3. The summed E-state index contributed by atoms with van der Waals surface area (Å²) >= 11 is 0. The Bertz CT molecular complexity index is 1270. The molecule has 9 heteroatoms. The van der Waals surface area contributed by atoms with Gasteiger partial charge in [-0.2, -0.15) is 13.2 Å². The molecule has 37 heavy (non-hydrogen) atoms. The van der Waals surface area contributed by atoms with Crippen LogP contribution in [0.2, 0.25) is 0 Å². The van der Waals surface area contributed by atoms with E-state index in [2.05, 4.69) is 5.32 Å². The number of halogens is 4. The molecule has 2 aliphatic rings. The summed E-state index contributed by atoms with van der Waals surface area (Å²) in [5.74, 6) is -1.14. The first kappa shape index (κ1) is 25.0. The quantitative estimate of drug-likeness (QED) is 0.486. The van der Waals surface area contributed by atoms with Gasteiger partial charge in [-0.1, -0.05) is 66.7 Å². The van der Waals surface area contributed by atoms with Crippen molar-refractivity contribution >= 4 is 5.91 Å². The maximum atomic E-state index is 14.5. The number of nitrogens with zero attached hydrogens (tertiary/aromatic N) is 2. The molecule has 2 heterocycles. The van der Waals surface area contributed by atoms with E-state index in [1.807, 2.05) is 65.6 Å². The SMILES string of the molecule is NC1NC2=C(CN(Cc3ccc(C(F)(F)F)cc3F)CC2)C(=O)N1C(c1ccccc1)c1ccccc1. The molecular formula is C28H26F4N4O. The van der Waals surface area contributed by atoms with Crippen molar-refractivity contribution in [3.05, 3.63) is 118 Å². The van der Waals surface area contributed by atoms with E-state index in [0.29, 0.717) is 24.6 Å². The number of nitrogens with one attached hydrogen (secondary N) is 1. The summed E-state index contributed by atoms with van der Waals surface area (Å²) in [5, 5.41) is 3.28. The molecule has 2 aliphatic heterocycles. The first-order valence-corrected chi connectivity index (χ1v) is 12.0. The van der Waals surface area contributed by atoms with Crippen LogP contribution in [0.3, 0.4) is 0 Å². The summed E-state index contributed by atoms with van der Waals surface area (Å²) in [7, 11) is 0. The van der Waals surface area contributed by atoms with Crippen LogP contribution < -0.4 is 11.1 Å². The molecule has 3 aromatic carbocycles. The maximum Gasteiger partial charge on any atom is 0.416 e. The zero-order valence-corrected chi connectivity index (χ0v) is 19.9. The van der Waals surface area contributed by atoms with Gasteiger partial charge in [-0.05, 0) is 23.3 Å². The average Bonchev–Trinajstić information content (AvgIpc) is 2.88. The van der Waals surface area contributed by atoms with Gasteiger partial charge < -0.3 is 5.32 Å². The number of carbonyl (C=O) groups is 1. The number of rotatable bonds is 5. The minimum atomic E-state index is -4.61. The fourth-order valence-electron chi connectivity index (χ4n) is 5.00. The lowest BCUT2D eigenvalue weighted by Gasteiger charge is -2.44. The van der Waals surface area contributed by atoms with Gasteiger partial charge in [0.15, 0.2) is 6.29 Å². The van der Waals surface area contributed by atoms with E-state index in [9.17, 15) is 22.4 Å². The highest BCUT2D eigenvalue weighted by Gasteiger charge is 2.40. The fraction of sp³-hybridized carbons (Fsp3) is 0.250. The van der Waals surface area contributed by atoms with Crippen LogP contribution in [-0.4, -0.2) is 35.1 Å². The van der Waals surface area contributed by atoms with Crippen LogP contribution in [0.25, 0.3) is 0 Å². The summed E-state index contributed by atoms with van der Waals surface area (Å²) in [6.07, 6.45) is -4.87. The zero-order valence-electron chi connectivity index (χ0n) is 19.9. The Kier molecular flexibility index (Phi) is 6.74. The summed E-state index contributed by atoms with van der Waals surface area (Å²) in [6, 6.07) is 21.3. The number of amides is 1. The first-order valence-electron chi connectivity index (χ1n) is 12.0. The van der Waals surface area contributed by atoms with E-state index in [-0.39, 0.29) is 24.6 Å². The number of hydrogen-bond acceptors (Lipinski definition) is 4. The minimum absolute atomic E-state index is 0.0842. The van der Waals surface area contributed by atoms with E-state index < -0.39 is 29.9 Å². The standard InChI is InChI=1S/C28H26F4N4O/c29-23-15-21(28(30,31)32)12-11-20(23)16-35-14-13-24-22(17-35)26(37)36(27(33)34-24)25(18-7-3-1-4-8-18)19-9-5-2-6-10-19/h1-12,15,25,27,34H,13-14,16-17,33H2. The van der Waals surface area contributed by atoms with Gasteiger partial charge in [0.1, 0.15) is 5.82 Å². The molecule has 0 bridgehead atoms. The molecule has 3 N–H and O–H groups in total. The lowest BCUT2D eigenvalue weighted by atomic mass is 9.94. The van der Waals surface area contributed by atoms with Crippen molar-refractivity contribution in [2.24, 2.45) is 5.73 Å². The van der Waals surface area contributed by atoms with Gasteiger partial charge in [0, 0.05) is 37.3 Å². The van der Waals surface area contributed by atoms with Crippen LogP contribution in [-0.2, 0) is 17.5 Å². The Balaban J connectivity index is 1.41. The van der Waals surface area contributed by atoms with Gasteiger partial charge in [0.2, 0.25) is 0 Å². The van der Waals surface area contributed by atoms with Gasteiger partial charge in [-0.3, -0.25) is 20.3 Å². The third-order valence-electron chi connectivity index (χ3n) is 6.82. The van der Waals surface area contributed by atoms with Gasteiger partial charge in [0.05, 0.1) is 17.2 Å². The average molecular weight is 511 g/mol. The Hall–Kier alpha value is -3.69. The second kappa shape index (κ2) is 9.99. The molecule has 1 unspecified atom stereocenters. The van der Waals surface area contributed by atoms with Crippen molar-refractivity contribution < 1.29 is 22.4 Å². The highest BCUT2D eigenvalue weighted by atomic mass is 19.4. The predicted molar refractivity (Wildman–Crippen MR) is 131 cm³/mol. The normalized spacial score (nSPS) is 18.7. The predicted octanol–water partition coefficient (Wildman–Crippen LogP) is 4.77. The van der Waals surface area contributed by atoms with Gasteiger partial charge in [-0.15, -0.1) is 0 Å². The largest absolute Gasteiger partial charge is 0.416 e. The van der Waals surface area contributed by atoms with E-state index in [1.54, 1.807) is 4.90 Å². The monoisotopic (exact) mass is 510 g/mol. The summed E-state index contributed by atoms with van der Waals surface area (Å²) in [6.45, 7) is 0.815. The Morgan fingerprint density at radius 2 is 1.59 bits per heavy atom. The fourth-order valence-corrected chi connectivity index (χ4v) is 5.00. The topological polar surface area (TPSA) is 61.6 Å². The minimum Gasteiger partial charge on any atom is -0.356 e. The molecule has 1 amide bonds. The van der Waals surface area contributed by atoms with Crippen molar-refractivity contribution in [1.29, 1.82) is 0 Å². The van der Waals surface area contributed by atoms with E-state index in [4.69, 9.17) is 5.73 Å². The third kappa shape index (κ3) is 5.10. The molecule has 0 saturated carbocycles. The number of hydrogen-bond donors (Lipinski definition) is 2. The van der Waals surface area contributed by atoms with Crippen LogP contribution in [0, 0.1) is 5.82 Å². The lowest BCUT2D eigenvalue weighted by Crippen LogP contribution is -2.61. The molecular weight excluding hydrogens is 484 g/mol. The van der Waals surface area contributed by atoms with E-state index in [0.717, 1.165) is 29.0 Å². The molecule has 0 radical (unpaired) electrons. The van der Waals surface area contributed by atoms with Gasteiger partial charge in [0.25, 0.3) is 5.91 Å². The van der Waals surface area contributed by atoms with Crippen LogP contribution >= 0.6 is 0 Å². The molecule has 5 rings (SSSR count). The molecule has 3 aromatic rings. The smallest absolute Gasteiger partial charge is 0.356 e. The summed E-state index contributed by atoms with van der Waals surface area (Å²) in [4.78, 5) is 17.4. The molecule has 0 aliphatic carbocycles. The molecule has 0 saturated heterocycles. The molecule has 5 nitrogen and oxygen atoms in total. The molecule has 0 spiro atoms. The van der Waals surface area contributed by atoms with E-state index in [1.165, 1.54) is 0 Å². The van der Waals surface area contributed by atoms with Gasteiger partial charge in [-0.25, -0.2) is 4.39 Å². The van der Waals surface area contributed by atoms with E-state index >= 15 is 0 Å². The van der Waals surface area contributed by atoms with Crippen molar-refractivity contribution in [2.75, 3.05) is 13.1 Å². The first-order chi connectivity index (χ1) is 17.7. The highest BCUT2D eigenvalue weighted by Crippen LogP contribution is 2.35. The summed E-state index contributed by atoms with van der Waals surface area (Å²) in [5.41, 5.74) is 8.69. The molecule has 192 valence electrons. The maximum absolute atomic E-state index is 14.5. The van der Waals surface area contributed by atoms with Crippen molar-refractivity contribution in [3.63, 3.8) is 0 Å². The van der Waals surface area contributed by atoms with Crippen LogP contribution in [0.15, 0.2) is 90.1 Å². The van der Waals surface area contributed by atoms with Crippen molar-refractivity contribution in [3.8, 4) is 0 Å². The zero-order chi connectivity index (χ0) is 26.2. The number of carbonyl (C=O) groups excluding carboxylic acids is 1. The Morgan fingerprint density at radius 3 is 2.16 bits per heavy atom. The van der Waals surface area contributed by atoms with Crippen LogP contribution in [0.5, 0.6) is 0 Å². The lowest BCUT2D eigenvalue weighted by molar-refractivity contribution is -0.138. The molecule has 1 atom stereocenters. The summed E-state index contributed by atoms with van der Waals surface area (Å²) < 4.78 is 53.3.